The van der Waals surface area contributed by atoms with Gasteiger partial charge >= 0.3 is 0 Å². The Labute approximate surface area is 138 Å². The molecule has 1 aromatic rings. The molecule has 0 unspecified atom stereocenters. The predicted octanol–water partition coefficient (Wildman–Crippen LogP) is 2.70. The number of fused-ring (bicyclic) bond motifs is 2. The lowest BCUT2D eigenvalue weighted by molar-refractivity contribution is -0.117. The van der Waals surface area contributed by atoms with Crippen molar-refractivity contribution in [1.82, 2.24) is 4.31 Å². The van der Waals surface area contributed by atoms with Crippen molar-refractivity contribution in [2.75, 3.05) is 19.4 Å². The van der Waals surface area contributed by atoms with Crippen LogP contribution in [-0.2, 0) is 14.8 Å². The molecule has 2 aliphatic carbocycles. The smallest absolute Gasteiger partial charge is 0.242 e. The van der Waals surface area contributed by atoms with Crippen LogP contribution >= 0.6 is 0 Å². The van der Waals surface area contributed by atoms with Gasteiger partial charge in [-0.3, -0.25) is 4.79 Å². The van der Waals surface area contributed by atoms with Crippen LogP contribution in [0.4, 0.5) is 5.69 Å². The number of nitrogens with zero attached hydrogens (tertiary/aromatic N) is 1. The molecule has 1 amide bonds. The Morgan fingerprint density at radius 1 is 1.17 bits per heavy atom. The van der Waals surface area contributed by atoms with Gasteiger partial charge in [-0.25, -0.2) is 12.7 Å². The zero-order chi connectivity index (χ0) is 16.6. The van der Waals surface area contributed by atoms with Crippen molar-refractivity contribution < 1.29 is 13.2 Å². The summed E-state index contributed by atoms with van der Waals surface area (Å²) in [6, 6.07) is 6.36. The molecule has 6 heteroatoms. The zero-order valence-electron chi connectivity index (χ0n) is 13.7. The van der Waals surface area contributed by atoms with Crippen LogP contribution in [0.3, 0.4) is 0 Å². The van der Waals surface area contributed by atoms with Crippen LogP contribution in [0.15, 0.2) is 29.2 Å². The molecule has 0 saturated heterocycles. The highest BCUT2D eigenvalue weighted by Crippen LogP contribution is 2.49. The number of hydrogen-bond donors (Lipinski definition) is 1. The van der Waals surface area contributed by atoms with E-state index in [1.807, 2.05) is 0 Å². The Kier molecular flexibility index (Phi) is 4.47. The molecule has 2 saturated carbocycles. The number of amides is 1. The largest absolute Gasteiger partial charge is 0.326 e. The second-order valence-corrected chi connectivity index (χ2v) is 9.15. The van der Waals surface area contributed by atoms with Crippen LogP contribution < -0.4 is 5.32 Å². The molecule has 1 aromatic carbocycles. The number of rotatable bonds is 5. The van der Waals surface area contributed by atoms with Crippen molar-refractivity contribution in [3.05, 3.63) is 24.3 Å². The summed E-state index contributed by atoms with van der Waals surface area (Å²) in [7, 11) is -0.425. The number of carbonyl (C=O) groups excluding carboxylic acids is 1. The normalized spacial score (nSPS) is 26.7. The third-order valence-corrected chi connectivity index (χ3v) is 7.08. The van der Waals surface area contributed by atoms with E-state index in [1.54, 1.807) is 12.1 Å². The third kappa shape index (κ3) is 3.43. The summed E-state index contributed by atoms with van der Waals surface area (Å²) < 4.78 is 25.2. The monoisotopic (exact) mass is 336 g/mol. The Balaban J connectivity index is 1.59. The molecule has 0 aromatic heterocycles. The molecule has 2 bridgehead atoms. The van der Waals surface area contributed by atoms with Gasteiger partial charge in [0.1, 0.15) is 0 Å². The van der Waals surface area contributed by atoms with Gasteiger partial charge in [0.2, 0.25) is 15.9 Å². The van der Waals surface area contributed by atoms with Crippen molar-refractivity contribution in [2.45, 2.75) is 37.0 Å². The molecular formula is C17H24N2O3S. The minimum Gasteiger partial charge on any atom is -0.326 e. The van der Waals surface area contributed by atoms with Gasteiger partial charge in [-0.1, -0.05) is 6.42 Å². The topological polar surface area (TPSA) is 66.5 Å². The van der Waals surface area contributed by atoms with Crippen molar-refractivity contribution >= 4 is 21.6 Å². The summed E-state index contributed by atoms with van der Waals surface area (Å²) >= 11 is 0. The standard InChI is InChI=1S/C17H24N2O3S/c1-19(2)23(21,22)16-7-5-15(6-8-16)18-17(20)11-14-10-12-3-4-13(14)9-12/h5-8,12-14H,3-4,9-11H2,1-2H3,(H,18,20)/t12-,13+,14-/m0/s1. The van der Waals surface area contributed by atoms with Crippen LogP contribution in [0.25, 0.3) is 0 Å². The number of anilines is 1. The van der Waals surface area contributed by atoms with Crippen molar-refractivity contribution in [3.8, 4) is 0 Å². The maximum atomic E-state index is 12.2. The summed E-state index contributed by atoms with van der Waals surface area (Å²) in [6.45, 7) is 0. The molecule has 23 heavy (non-hydrogen) atoms. The Morgan fingerprint density at radius 2 is 1.87 bits per heavy atom. The van der Waals surface area contributed by atoms with E-state index < -0.39 is 10.0 Å². The van der Waals surface area contributed by atoms with E-state index in [0.29, 0.717) is 18.0 Å². The number of carbonyl (C=O) groups is 1. The fourth-order valence-electron chi connectivity index (χ4n) is 4.00. The highest BCUT2D eigenvalue weighted by molar-refractivity contribution is 7.89. The van der Waals surface area contributed by atoms with Gasteiger partial charge in [0.05, 0.1) is 4.90 Å². The molecule has 0 heterocycles. The third-order valence-electron chi connectivity index (χ3n) is 5.25. The molecule has 0 radical (unpaired) electrons. The average molecular weight is 336 g/mol. The van der Waals surface area contributed by atoms with Crippen LogP contribution in [0.1, 0.15) is 32.1 Å². The lowest BCUT2D eigenvalue weighted by atomic mass is 9.86. The second-order valence-electron chi connectivity index (χ2n) is 7.00. The second kappa shape index (κ2) is 6.24. The number of sulfonamides is 1. The van der Waals surface area contributed by atoms with Crippen LogP contribution in [-0.4, -0.2) is 32.7 Å². The van der Waals surface area contributed by atoms with E-state index in [9.17, 15) is 13.2 Å². The number of nitrogens with one attached hydrogen (secondary N) is 1. The van der Waals surface area contributed by atoms with E-state index in [-0.39, 0.29) is 10.8 Å². The Hall–Kier alpha value is -1.40. The first-order chi connectivity index (χ1) is 10.9. The van der Waals surface area contributed by atoms with Gasteiger partial charge in [-0.05, 0) is 61.3 Å². The molecule has 2 aliphatic rings. The lowest BCUT2D eigenvalue weighted by Crippen LogP contribution is -2.22. The van der Waals surface area contributed by atoms with Crippen LogP contribution in [0.5, 0.6) is 0 Å². The molecule has 0 aliphatic heterocycles. The van der Waals surface area contributed by atoms with Gasteiger partial charge < -0.3 is 5.32 Å². The van der Waals surface area contributed by atoms with Gasteiger partial charge in [-0.2, -0.15) is 0 Å². The first-order valence-corrected chi connectivity index (χ1v) is 9.62. The minimum absolute atomic E-state index is 0.0331. The Morgan fingerprint density at radius 3 is 2.39 bits per heavy atom. The molecule has 1 N–H and O–H groups in total. The quantitative estimate of drug-likeness (QED) is 0.899. The average Bonchev–Trinajstić information content (AvgIpc) is 3.10. The van der Waals surface area contributed by atoms with Gasteiger partial charge in [0.15, 0.2) is 0 Å². The van der Waals surface area contributed by atoms with E-state index in [1.165, 1.54) is 56.2 Å². The Bertz CT molecular complexity index is 682. The molecule has 0 spiro atoms. The van der Waals surface area contributed by atoms with E-state index in [0.717, 1.165) is 11.8 Å². The predicted molar refractivity (Wildman–Crippen MR) is 89.5 cm³/mol. The maximum Gasteiger partial charge on any atom is 0.242 e. The number of benzene rings is 1. The molecule has 5 nitrogen and oxygen atoms in total. The fourth-order valence-corrected chi connectivity index (χ4v) is 4.90. The highest BCUT2D eigenvalue weighted by Gasteiger charge is 2.40. The van der Waals surface area contributed by atoms with Crippen molar-refractivity contribution in [3.63, 3.8) is 0 Å². The summed E-state index contributed by atoms with van der Waals surface area (Å²) in [5.41, 5.74) is 0.649. The maximum absolute atomic E-state index is 12.2. The molecule has 2 fully saturated rings. The van der Waals surface area contributed by atoms with Crippen molar-refractivity contribution in [1.29, 1.82) is 0 Å². The highest BCUT2D eigenvalue weighted by atomic mass is 32.2. The summed E-state index contributed by atoms with van der Waals surface area (Å²) in [5.74, 6) is 2.14. The minimum atomic E-state index is -3.43. The van der Waals surface area contributed by atoms with E-state index in [2.05, 4.69) is 5.32 Å². The number of hydrogen-bond acceptors (Lipinski definition) is 3. The first-order valence-electron chi connectivity index (χ1n) is 8.18. The molecule has 3 rings (SSSR count). The van der Waals surface area contributed by atoms with Gasteiger partial charge in [-0.15, -0.1) is 0 Å². The van der Waals surface area contributed by atoms with E-state index in [4.69, 9.17) is 0 Å². The van der Waals surface area contributed by atoms with Gasteiger partial charge in [0, 0.05) is 26.2 Å². The SMILES string of the molecule is CN(C)S(=O)(=O)c1ccc(NC(=O)C[C@@H]2C[C@H]3CC[C@@H]2C3)cc1. The van der Waals surface area contributed by atoms with Crippen LogP contribution in [0, 0.1) is 17.8 Å². The molecule has 3 atom stereocenters. The summed E-state index contributed by atoms with van der Waals surface area (Å²) in [5, 5.41) is 2.89. The summed E-state index contributed by atoms with van der Waals surface area (Å²) in [6.07, 6.45) is 5.69. The van der Waals surface area contributed by atoms with Gasteiger partial charge in [0.25, 0.3) is 0 Å². The fraction of sp³-hybridized carbons (Fsp3) is 0.588. The van der Waals surface area contributed by atoms with Crippen LogP contribution in [0.2, 0.25) is 0 Å². The first kappa shape index (κ1) is 16.5. The lowest BCUT2D eigenvalue weighted by Gasteiger charge is -2.21. The molecular weight excluding hydrogens is 312 g/mol. The van der Waals surface area contributed by atoms with E-state index >= 15 is 0 Å². The molecule has 126 valence electrons. The van der Waals surface area contributed by atoms with Crippen molar-refractivity contribution in [2.24, 2.45) is 17.8 Å². The zero-order valence-corrected chi connectivity index (χ0v) is 14.5. The summed E-state index contributed by atoms with van der Waals surface area (Å²) in [4.78, 5) is 12.4.